The second-order valence-electron chi connectivity index (χ2n) is 10.1. The molecule has 8 nitrogen and oxygen atoms in total. The van der Waals surface area contributed by atoms with Gasteiger partial charge in [-0.1, -0.05) is 12.1 Å². The van der Waals surface area contributed by atoms with Crippen molar-refractivity contribution < 1.29 is 0 Å². The number of nitrogens with zero attached hydrogens (tertiary/aromatic N) is 7. The molecule has 1 aliphatic rings. The van der Waals surface area contributed by atoms with E-state index in [0.29, 0.717) is 35.4 Å². The normalized spacial score (nSPS) is 17.8. The van der Waals surface area contributed by atoms with Crippen LogP contribution in [0.25, 0.3) is 22.2 Å². The van der Waals surface area contributed by atoms with Crippen molar-refractivity contribution in [2.45, 2.75) is 39.4 Å². The number of benzene rings is 1. The van der Waals surface area contributed by atoms with Gasteiger partial charge in [0, 0.05) is 56.6 Å². The van der Waals surface area contributed by atoms with Crippen molar-refractivity contribution in [1.29, 1.82) is 10.5 Å². The van der Waals surface area contributed by atoms with Gasteiger partial charge in [0.1, 0.15) is 17.3 Å². The Bertz CT molecular complexity index is 1660. The first-order valence-electron chi connectivity index (χ1n) is 12.7. The number of fused-ring (bicyclic) bond motifs is 1. The molecule has 0 radical (unpaired) electrons. The summed E-state index contributed by atoms with van der Waals surface area (Å²) >= 11 is 0. The average molecular weight is 504 g/mol. The number of pyridine rings is 3. The summed E-state index contributed by atoms with van der Waals surface area (Å²) in [7, 11) is 1.73. The fourth-order valence-corrected chi connectivity index (χ4v) is 5.24. The Morgan fingerprint density at radius 1 is 1.00 bits per heavy atom. The lowest BCUT2D eigenvalue weighted by Gasteiger charge is -2.45. The molecule has 5 rings (SSSR count). The summed E-state index contributed by atoms with van der Waals surface area (Å²) in [5, 5.41) is 18.6. The Labute approximate surface area is 222 Å². The Balaban J connectivity index is 1.45. The van der Waals surface area contributed by atoms with Crippen LogP contribution in [0.2, 0.25) is 0 Å². The molecule has 1 aliphatic heterocycles. The van der Waals surface area contributed by atoms with Gasteiger partial charge in [-0.05, 0) is 62.2 Å². The number of hydrogen-bond acceptors (Lipinski definition) is 7. The van der Waals surface area contributed by atoms with E-state index in [2.05, 4.69) is 46.8 Å². The second-order valence-corrected chi connectivity index (χ2v) is 10.1. The summed E-state index contributed by atoms with van der Waals surface area (Å²) in [4.78, 5) is 26.8. The zero-order chi connectivity index (χ0) is 27.0. The van der Waals surface area contributed by atoms with Gasteiger partial charge in [-0.2, -0.15) is 10.5 Å². The third-order valence-electron chi connectivity index (χ3n) is 7.39. The average Bonchev–Trinajstić information content (AvgIpc) is 2.93. The van der Waals surface area contributed by atoms with E-state index in [1.54, 1.807) is 29.8 Å². The molecule has 38 heavy (non-hydrogen) atoms. The van der Waals surface area contributed by atoms with Crippen LogP contribution in [0, 0.1) is 29.6 Å². The maximum absolute atomic E-state index is 12.8. The van der Waals surface area contributed by atoms with E-state index in [1.165, 1.54) is 0 Å². The maximum Gasteiger partial charge on any atom is 0.252 e. The number of anilines is 1. The monoisotopic (exact) mass is 503 g/mol. The fourth-order valence-electron chi connectivity index (χ4n) is 5.24. The van der Waals surface area contributed by atoms with Gasteiger partial charge in [0.15, 0.2) is 0 Å². The Hall–Kier alpha value is -4.53. The van der Waals surface area contributed by atoms with Gasteiger partial charge in [0.05, 0.1) is 28.5 Å². The molecule has 0 unspecified atom stereocenters. The van der Waals surface area contributed by atoms with E-state index in [4.69, 9.17) is 4.98 Å². The molecule has 190 valence electrons. The van der Waals surface area contributed by atoms with E-state index < -0.39 is 0 Å². The van der Waals surface area contributed by atoms with Crippen molar-refractivity contribution in [1.82, 2.24) is 19.4 Å². The molecule has 1 aromatic carbocycles. The van der Waals surface area contributed by atoms with Crippen molar-refractivity contribution in [2.24, 2.45) is 7.05 Å². The SMILES string of the molecule is Cc1cnc(CN2C[C@H](C)N(c3cc(=O)n(C)c4ccc(C#N)nc34)C[C@H]2C)c(-c2ccc(C#N)cc2)c1. The molecular weight excluding hydrogens is 474 g/mol. The standard InChI is InChI=1S/C30H29N7O/c1-19-11-25(23-7-5-22(13-31)6-8-23)26(33-15-19)18-36-16-21(3)37(17-20(36)2)28-12-29(38)35(4)27-10-9-24(14-32)34-30(27)28/h5-12,15,20-21H,16-18H2,1-4H3/t20-,21+/m1/s1. The van der Waals surface area contributed by atoms with Crippen LogP contribution in [-0.4, -0.2) is 44.6 Å². The molecule has 8 heteroatoms. The van der Waals surface area contributed by atoms with Crippen LogP contribution in [-0.2, 0) is 13.6 Å². The van der Waals surface area contributed by atoms with Crippen molar-refractivity contribution in [3.63, 3.8) is 0 Å². The van der Waals surface area contributed by atoms with Gasteiger partial charge in [-0.15, -0.1) is 0 Å². The first-order valence-corrected chi connectivity index (χ1v) is 12.7. The number of aryl methyl sites for hydroxylation is 2. The molecule has 0 amide bonds. The molecule has 0 saturated carbocycles. The summed E-state index contributed by atoms with van der Waals surface area (Å²) < 4.78 is 1.57. The van der Waals surface area contributed by atoms with Crippen LogP contribution in [0.3, 0.4) is 0 Å². The maximum atomic E-state index is 12.8. The van der Waals surface area contributed by atoms with Crippen molar-refractivity contribution in [3.8, 4) is 23.3 Å². The van der Waals surface area contributed by atoms with Gasteiger partial charge >= 0.3 is 0 Å². The number of hydrogen-bond donors (Lipinski definition) is 0. The zero-order valence-electron chi connectivity index (χ0n) is 22.0. The minimum Gasteiger partial charge on any atom is -0.364 e. The van der Waals surface area contributed by atoms with Crippen molar-refractivity contribution >= 4 is 16.7 Å². The summed E-state index contributed by atoms with van der Waals surface area (Å²) in [5.41, 5.74) is 7.21. The van der Waals surface area contributed by atoms with Gasteiger partial charge in [0.2, 0.25) is 0 Å². The molecule has 4 aromatic rings. The van der Waals surface area contributed by atoms with Gasteiger partial charge < -0.3 is 9.47 Å². The fraction of sp³-hybridized carbons (Fsp3) is 0.300. The Morgan fingerprint density at radius 3 is 2.47 bits per heavy atom. The van der Waals surface area contributed by atoms with Gasteiger partial charge in [-0.3, -0.25) is 14.7 Å². The minimum atomic E-state index is -0.0998. The zero-order valence-corrected chi connectivity index (χ0v) is 22.0. The second kappa shape index (κ2) is 10.1. The highest BCUT2D eigenvalue weighted by Gasteiger charge is 2.31. The Morgan fingerprint density at radius 2 is 1.76 bits per heavy atom. The molecule has 1 fully saturated rings. The van der Waals surface area contributed by atoms with Crippen LogP contribution in [0.4, 0.5) is 5.69 Å². The predicted molar refractivity (Wildman–Crippen MR) is 148 cm³/mol. The molecule has 4 heterocycles. The first-order chi connectivity index (χ1) is 18.3. The molecule has 0 spiro atoms. The van der Waals surface area contributed by atoms with Crippen molar-refractivity contribution in [2.75, 3.05) is 18.0 Å². The van der Waals surface area contributed by atoms with E-state index in [1.807, 2.05) is 37.4 Å². The lowest BCUT2D eigenvalue weighted by atomic mass is 9.99. The highest BCUT2D eigenvalue weighted by atomic mass is 16.1. The smallest absolute Gasteiger partial charge is 0.252 e. The van der Waals surface area contributed by atoms with Gasteiger partial charge in [0.25, 0.3) is 5.56 Å². The van der Waals surface area contributed by atoms with E-state index >= 15 is 0 Å². The molecule has 0 aliphatic carbocycles. The Kier molecular flexibility index (Phi) is 6.67. The topological polar surface area (TPSA) is 102 Å². The molecule has 1 saturated heterocycles. The van der Waals surface area contributed by atoms with Crippen LogP contribution in [0.1, 0.15) is 36.4 Å². The molecule has 0 N–H and O–H groups in total. The highest BCUT2D eigenvalue weighted by Crippen LogP contribution is 2.31. The number of aromatic nitrogens is 3. The van der Waals surface area contributed by atoms with E-state index in [9.17, 15) is 15.3 Å². The minimum absolute atomic E-state index is 0.0998. The largest absolute Gasteiger partial charge is 0.364 e. The highest BCUT2D eigenvalue weighted by molar-refractivity contribution is 5.89. The van der Waals surface area contributed by atoms with E-state index in [-0.39, 0.29) is 17.6 Å². The molecular formula is C30H29N7O. The third kappa shape index (κ3) is 4.63. The number of nitriles is 2. The third-order valence-corrected chi connectivity index (χ3v) is 7.39. The number of piperazine rings is 1. The summed E-state index contributed by atoms with van der Waals surface area (Å²) in [6, 6.07) is 19.5. The lowest BCUT2D eigenvalue weighted by Crippen LogP contribution is -2.56. The summed E-state index contributed by atoms with van der Waals surface area (Å²) in [6.45, 7) is 8.54. The lowest BCUT2D eigenvalue weighted by molar-refractivity contribution is 0.156. The molecule has 3 aromatic heterocycles. The van der Waals surface area contributed by atoms with Crippen LogP contribution in [0.5, 0.6) is 0 Å². The van der Waals surface area contributed by atoms with Crippen molar-refractivity contribution in [3.05, 3.63) is 87.6 Å². The number of rotatable bonds is 4. The van der Waals surface area contributed by atoms with Crippen LogP contribution < -0.4 is 10.5 Å². The molecule has 2 atom stereocenters. The molecule has 0 bridgehead atoms. The predicted octanol–water partition coefficient (Wildman–Crippen LogP) is 4.15. The first kappa shape index (κ1) is 25.1. The van der Waals surface area contributed by atoms with Crippen LogP contribution >= 0.6 is 0 Å². The quantitative estimate of drug-likeness (QED) is 0.412. The van der Waals surface area contributed by atoms with E-state index in [0.717, 1.165) is 34.6 Å². The summed E-state index contributed by atoms with van der Waals surface area (Å²) in [6.07, 6.45) is 1.90. The summed E-state index contributed by atoms with van der Waals surface area (Å²) in [5.74, 6) is 0. The van der Waals surface area contributed by atoms with Gasteiger partial charge in [-0.25, -0.2) is 4.98 Å². The van der Waals surface area contributed by atoms with Crippen LogP contribution in [0.15, 0.2) is 59.5 Å².